The largest absolute Gasteiger partial charge is 0.469 e. The summed E-state index contributed by atoms with van der Waals surface area (Å²) in [6.45, 7) is 8.54. The first kappa shape index (κ1) is 26.6. The second kappa shape index (κ2) is 11.0. The summed E-state index contributed by atoms with van der Waals surface area (Å²) in [5, 5.41) is 2.41. The van der Waals surface area contributed by atoms with E-state index in [-0.39, 0.29) is 24.1 Å². The average molecular weight is 475 g/mol. The fraction of sp³-hybridized carbons (Fsp3) is 0.458. The molecule has 0 aliphatic carbocycles. The van der Waals surface area contributed by atoms with Gasteiger partial charge in [0, 0.05) is 12.5 Å². The summed E-state index contributed by atoms with van der Waals surface area (Å²) >= 11 is 0. The zero-order valence-electron chi connectivity index (χ0n) is 20.0. The van der Waals surface area contributed by atoms with Crippen LogP contribution in [-0.4, -0.2) is 67.2 Å². The molecule has 3 amide bonds. The number of benzene rings is 1. The first-order chi connectivity index (χ1) is 15.9. The lowest BCUT2D eigenvalue weighted by Crippen LogP contribution is -2.47. The smallest absolute Gasteiger partial charge is 0.408 e. The van der Waals surface area contributed by atoms with Crippen LogP contribution in [0.1, 0.15) is 47.9 Å². The third kappa shape index (κ3) is 6.21. The van der Waals surface area contributed by atoms with Crippen molar-refractivity contribution in [1.82, 2.24) is 10.2 Å². The summed E-state index contributed by atoms with van der Waals surface area (Å²) in [7, 11) is 2.31. The minimum absolute atomic E-state index is 0.171. The van der Waals surface area contributed by atoms with Gasteiger partial charge in [-0.05, 0) is 39.3 Å². The standard InChI is InChI=1S/C24H30N2O8/c1-7-14(13-26-19(27)15-10-8-9-11-16(15)20(26)28)17(21(29)32-5)12-18(22(30)33-6)25-23(31)34-24(2,3)4/h7-11,14,17-18H,1,12-13H2,2-6H3,(H,25,31)/t14?,17?,18-/m0/s1. The molecule has 1 heterocycles. The highest BCUT2D eigenvalue weighted by Crippen LogP contribution is 2.28. The number of fused-ring (bicyclic) bond motifs is 1. The summed E-state index contributed by atoms with van der Waals surface area (Å²) < 4.78 is 14.9. The van der Waals surface area contributed by atoms with Crippen molar-refractivity contribution in [3.8, 4) is 0 Å². The molecule has 1 N–H and O–H groups in total. The van der Waals surface area contributed by atoms with Crippen LogP contribution in [0.3, 0.4) is 0 Å². The van der Waals surface area contributed by atoms with Crippen molar-refractivity contribution in [2.24, 2.45) is 11.8 Å². The molecule has 0 bridgehead atoms. The molecule has 0 spiro atoms. The lowest BCUT2D eigenvalue weighted by molar-refractivity contribution is -0.149. The van der Waals surface area contributed by atoms with Crippen LogP contribution in [-0.2, 0) is 23.8 Å². The van der Waals surface area contributed by atoms with Gasteiger partial charge in [0.2, 0.25) is 0 Å². The first-order valence-corrected chi connectivity index (χ1v) is 10.7. The highest BCUT2D eigenvalue weighted by molar-refractivity contribution is 6.21. The Morgan fingerprint density at radius 1 is 1.03 bits per heavy atom. The molecule has 1 aliphatic heterocycles. The Morgan fingerprint density at radius 3 is 2.00 bits per heavy atom. The number of amides is 3. The Balaban J connectivity index is 2.27. The molecule has 3 atom stereocenters. The van der Waals surface area contributed by atoms with E-state index < -0.39 is 53.3 Å². The number of esters is 2. The van der Waals surface area contributed by atoms with Crippen LogP contribution in [0.25, 0.3) is 0 Å². The molecule has 0 fully saturated rings. The number of hydrogen-bond donors (Lipinski definition) is 1. The molecule has 1 aromatic rings. The molecule has 10 nitrogen and oxygen atoms in total. The molecule has 34 heavy (non-hydrogen) atoms. The van der Waals surface area contributed by atoms with E-state index in [0.717, 1.165) is 12.0 Å². The van der Waals surface area contributed by atoms with Gasteiger partial charge in [-0.15, -0.1) is 6.58 Å². The molecule has 1 aliphatic rings. The van der Waals surface area contributed by atoms with Gasteiger partial charge in [-0.1, -0.05) is 18.2 Å². The van der Waals surface area contributed by atoms with Crippen LogP contribution in [0.4, 0.5) is 4.79 Å². The van der Waals surface area contributed by atoms with Gasteiger partial charge in [-0.25, -0.2) is 9.59 Å². The van der Waals surface area contributed by atoms with Crippen molar-refractivity contribution in [2.75, 3.05) is 20.8 Å². The maximum absolute atomic E-state index is 12.8. The number of methoxy groups -OCH3 is 2. The number of alkyl carbamates (subject to hydrolysis) is 1. The summed E-state index contributed by atoms with van der Waals surface area (Å²) in [5.74, 6) is -4.31. The average Bonchev–Trinajstić information content (AvgIpc) is 3.02. The Morgan fingerprint density at radius 2 is 1.56 bits per heavy atom. The minimum Gasteiger partial charge on any atom is -0.469 e. The third-order valence-corrected chi connectivity index (χ3v) is 5.26. The second-order valence-electron chi connectivity index (χ2n) is 8.75. The predicted octanol–water partition coefficient (Wildman–Crippen LogP) is 2.33. The number of nitrogens with zero attached hydrogens (tertiary/aromatic N) is 1. The van der Waals surface area contributed by atoms with Crippen molar-refractivity contribution < 1.29 is 38.2 Å². The predicted molar refractivity (Wildman–Crippen MR) is 121 cm³/mol. The Bertz CT molecular complexity index is 946. The van der Waals surface area contributed by atoms with Gasteiger partial charge in [-0.2, -0.15) is 0 Å². The highest BCUT2D eigenvalue weighted by atomic mass is 16.6. The topological polar surface area (TPSA) is 128 Å². The number of rotatable bonds is 9. The van der Waals surface area contributed by atoms with Crippen molar-refractivity contribution in [3.05, 3.63) is 48.0 Å². The van der Waals surface area contributed by atoms with Gasteiger partial charge >= 0.3 is 18.0 Å². The lowest BCUT2D eigenvalue weighted by Gasteiger charge is -2.29. The molecule has 0 aromatic heterocycles. The van der Waals surface area contributed by atoms with Crippen LogP contribution >= 0.6 is 0 Å². The van der Waals surface area contributed by atoms with Gasteiger partial charge in [0.25, 0.3) is 11.8 Å². The second-order valence-corrected chi connectivity index (χ2v) is 8.75. The molecule has 184 valence electrons. The highest BCUT2D eigenvalue weighted by Gasteiger charge is 2.40. The Kier molecular flexibility index (Phi) is 8.56. The monoisotopic (exact) mass is 474 g/mol. The summed E-state index contributed by atoms with van der Waals surface area (Å²) in [5.41, 5.74) is -0.283. The molecular weight excluding hydrogens is 444 g/mol. The van der Waals surface area contributed by atoms with Gasteiger partial charge in [-0.3, -0.25) is 19.3 Å². The van der Waals surface area contributed by atoms with Crippen LogP contribution in [0.15, 0.2) is 36.9 Å². The van der Waals surface area contributed by atoms with Crippen molar-refractivity contribution in [3.63, 3.8) is 0 Å². The molecular formula is C24H30N2O8. The van der Waals surface area contributed by atoms with E-state index in [0.29, 0.717) is 0 Å². The number of carbonyl (C=O) groups is 5. The van der Waals surface area contributed by atoms with E-state index >= 15 is 0 Å². The normalized spacial score (nSPS) is 15.6. The number of hydrogen-bond acceptors (Lipinski definition) is 8. The summed E-state index contributed by atoms with van der Waals surface area (Å²) in [4.78, 5) is 63.9. The fourth-order valence-electron chi connectivity index (χ4n) is 3.64. The zero-order chi connectivity index (χ0) is 25.6. The third-order valence-electron chi connectivity index (χ3n) is 5.26. The first-order valence-electron chi connectivity index (χ1n) is 10.7. The SMILES string of the molecule is C=CC(CN1C(=O)c2ccccc2C1=O)C(C[C@H](NC(=O)OC(C)(C)C)C(=O)OC)C(=O)OC. The van der Waals surface area contributed by atoms with E-state index in [2.05, 4.69) is 11.9 Å². The number of ether oxygens (including phenoxy) is 3. The van der Waals surface area contributed by atoms with E-state index in [4.69, 9.17) is 14.2 Å². The maximum Gasteiger partial charge on any atom is 0.408 e. The fourth-order valence-corrected chi connectivity index (χ4v) is 3.64. The minimum atomic E-state index is -1.26. The van der Waals surface area contributed by atoms with Crippen LogP contribution in [0, 0.1) is 11.8 Å². The quantitative estimate of drug-likeness (QED) is 0.250. The Hall–Kier alpha value is -3.69. The van der Waals surface area contributed by atoms with E-state index in [1.165, 1.54) is 13.2 Å². The van der Waals surface area contributed by atoms with Crippen molar-refractivity contribution >= 4 is 29.8 Å². The van der Waals surface area contributed by atoms with Gasteiger partial charge < -0.3 is 19.5 Å². The van der Waals surface area contributed by atoms with Gasteiger partial charge in [0.05, 0.1) is 31.3 Å². The molecule has 0 radical (unpaired) electrons. The molecule has 10 heteroatoms. The Labute approximate surface area is 198 Å². The van der Waals surface area contributed by atoms with E-state index in [1.54, 1.807) is 45.0 Å². The molecule has 2 rings (SSSR count). The number of carbonyl (C=O) groups excluding carboxylic acids is 5. The number of imide groups is 1. The number of nitrogens with one attached hydrogen (secondary N) is 1. The van der Waals surface area contributed by atoms with Crippen LogP contribution in [0.5, 0.6) is 0 Å². The molecule has 1 aromatic carbocycles. The van der Waals surface area contributed by atoms with Crippen LogP contribution < -0.4 is 5.32 Å². The zero-order valence-corrected chi connectivity index (χ0v) is 20.0. The van der Waals surface area contributed by atoms with Crippen molar-refractivity contribution in [1.29, 1.82) is 0 Å². The van der Waals surface area contributed by atoms with Gasteiger partial charge in [0.1, 0.15) is 11.6 Å². The van der Waals surface area contributed by atoms with Gasteiger partial charge in [0.15, 0.2) is 0 Å². The van der Waals surface area contributed by atoms with Crippen LogP contribution in [0.2, 0.25) is 0 Å². The summed E-state index contributed by atoms with van der Waals surface area (Å²) in [6, 6.07) is 5.15. The molecule has 0 saturated carbocycles. The molecule has 2 unspecified atom stereocenters. The molecule has 0 saturated heterocycles. The summed E-state index contributed by atoms with van der Waals surface area (Å²) in [6.07, 6.45) is 0.299. The lowest BCUT2D eigenvalue weighted by atomic mass is 9.86. The maximum atomic E-state index is 12.8. The van der Waals surface area contributed by atoms with Crippen molar-refractivity contribution in [2.45, 2.75) is 38.8 Å². The van der Waals surface area contributed by atoms with E-state index in [9.17, 15) is 24.0 Å². The van der Waals surface area contributed by atoms with E-state index in [1.807, 2.05) is 0 Å².